The fourth-order valence-corrected chi connectivity index (χ4v) is 4.27. The third-order valence-corrected chi connectivity index (χ3v) is 5.10. The van der Waals surface area contributed by atoms with E-state index in [0.29, 0.717) is 10.5 Å². The minimum Gasteiger partial charge on any atom is -0.288 e. The number of hydrogen-bond donors (Lipinski definition) is 0. The molecule has 0 unspecified atom stereocenters. The topological polar surface area (TPSA) is 34.1 Å². The van der Waals surface area contributed by atoms with E-state index in [0.717, 1.165) is 12.8 Å². The van der Waals surface area contributed by atoms with E-state index in [4.69, 9.17) is 0 Å². The molecule has 0 bridgehead atoms. The summed E-state index contributed by atoms with van der Waals surface area (Å²) in [6.07, 6.45) is 5.79. The van der Waals surface area contributed by atoms with E-state index in [-0.39, 0.29) is 10.2 Å². The van der Waals surface area contributed by atoms with Crippen molar-refractivity contribution in [3.63, 3.8) is 0 Å². The first-order valence-electron chi connectivity index (χ1n) is 5.44. The molecule has 1 aliphatic rings. The quantitative estimate of drug-likeness (QED) is 0.700. The fraction of sp³-hybridized carbons (Fsp3) is 0.818. The summed E-state index contributed by atoms with van der Waals surface area (Å²) in [5.41, 5.74) is 0. The zero-order valence-electron chi connectivity index (χ0n) is 9.32. The number of rotatable bonds is 2. The molecule has 1 saturated carbocycles. The molecule has 0 amide bonds. The molecule has 1 aliphatic carbocycles. The Morgan fingerprint density at radius 2 is 1.27 bits per heavy atom. The lowest BCUT2D eigenvalue weighted by Gasteiger charge is -2.21. The van der Waals surface area contributed by atoms with Gasteiger partial charge in [0.05, 0.1) is 0 Å². The Hall–Kier alpha value is 0.0400. The Balaban J connectivity index is 2.58. The van der Waals surface area contributed by atoms with Crippen LogP contribution in [-0.4, -0.2) is 20.7 Å². The number of carbonyl (C=O) groups is 2. The molecule has 15 heavy (non-hydrogen) atoms. The lowest BCUT2D eigenvalue weighted by atomic mass is 10.2. The minimum absolute atomic E-state index is 0.177. The van der Waals surface area contributed by atoms with Crippen LogP contribution in [0.3, 0.4) is 0 Å². The lowest BCUT2D eigenvalue weighted by molar-refractivity contribution is -0.110. The van der Waals surface area contributed by atoms with Crippen molar-refractivity contribution in [2.75, 3.05) is 0 Å². The smallest absolute Gasteiger partial charge is 0.186 e. The second-order valence-electron chi connectivity index (χ2n) is 3.93. The lowest BCUT2D eigenvalue weighted by Crippen LogP contribution is -2.21. The Bertz CT molecular complexity index is 217. The van der Waals surface area contributed by atoms with Crippen molar-refractivity contribution in [3.05, 3.63) is 0 Å². The zero-order valence-corrected chi connectivity index (χ0v) is 11.0. The van der Waals surface area contributed by atoms with Gasteiger partial charge in [0.1, 0.15) is 0 Å². The average Bonchev–Trinajstić information content (AvgIpc) is 2.30. The molecule has 4 heteroatoms. The molecular weight excluding hydrogens is 228 g/mol. The summed E-state index contributed by atoms with van der Waals surface area (Å²) in [6.45, 7) is 3.23. The first-order valence-corrected chi connectivity index (χ1v) is 7.20. The Morgan fingerprint density at radius 1 is 0.867 bits per heavy atom. The van der Waals surface area contributed by atoms with Gasteiger partial charge < -0.3 is 0 Å². The molecule has 86 valence electrons. The van der Waals surface area contributed by atoms with E-state index >= 15 is 0 Å². The molecule has 0 aliphatic heterocycles. The molecule has 0 N–H and O–H groups in total. The summed E-state index contributed by atoms with van der Waals surface area (Å²) in [4.78, 5) is 22.2. The van der Waals surface area contributed by atoms with Gasteiger partial charge in [-0.2, -0.15) is 0 Å². The van der Waals surface area contributed by atoms with E-state index in [1.807, 2.05) is 0 Å². The van der Waals surface area contributed by atoms with Crippen molar-refractivity contribution < 1.29 is 9.59 Å². The summed E-state index contributed by atoms with van der Waals surface area (Å²) in [5.74, 6) is 0. The third kappa shape index (κ3) is 5.07. The van der Waals surface area contributed by atoms with Crippen LogP contribution in [0, 0.1) is 0 Å². The van der Waals surface area contributed by atoms with E-state index in [1.165, 1.54) is 42.8 Å². The highest BCUT2D eigenvalue weighted by Gasteiger charge is 2.27. The van der Waals surface area contributed by atoms with Crippen LogP contribution in [0.25, 0.3) is 0 Å². The second kappa shape index (κ2) is 6.59. The van der Waals surface area contributed by atoms with Crippen LogP contribution in [0.2, 0.25) is 0 Å². The van der Waals surface area contributed by atoms with Crippen LogP contribution < -0.4 is 0 Å². The van der Waals surface area contributed by atoms with Crippen molar-refractivity contribution in [1.29, 1.82) is 0 Å². The van der Waals surface area contributed by atoms with Gasteiger partial charge in [-0.1, -0.05) is 42.8 Å². The number of hydrogen-bond acceptors (Lipinski definition) is 4. The van der Waals surface area contributed by atoms with Gasteiger partial charge in [0, 0.05) is 24.3 Å². The van der Waals surface area contributed by atoms with Gasteiger partial charge in [0.15, 0.2) is 10.2 Å². The van der Waals surface area contributed by atoms with Crippen LogP contribution in [0.5, 0.6) is 0 Å². The van der Waals surface area contributed by atoms with Crippen LogP contribution in [-0.2, 0) is 9.59 Å². The molecule has 2 atom stereocenters. The third-order valence-electron chi connectivity index (χ3n) is 2.53. The van der Waals surface area contributed by atoms with E-state index in [1.54, 1.807) is 13.8 Å². The maximum atomic E-state index is 11.1. The number of carbonyl (C=O) groups excluding carboxylic acids is 2. The molecule has 0 heterocycles. The van der Waals surface area contributed by atoms with Crippen LogP contribution in [0.4, 0.5) is 0 Å². The monoisotopic (exact) mass is 246 g/mol. The van der Waals surface area contributed by atoms with Crippen molar-refractivity contribution in [3.8, 4) is 0 Å². The largest absolute Gasteiger partial charge is 0.288 e. The molecule has 1 fully saturated rings. The molecule has 1 rings (SSSR count). The minimum atomic E-state index is 0.177. The molecule has 0 aromatic rings. The van der Waals surface area contributed by atoms with Crippen molar-refractivity contribution >= 4 is 33.8 Å². The van der Waals surface area contributed by atoms with Crippen LogP contribution in [0.15, 0.2) is 0 Å². The summed E-state index contributed by atoms with van der Waals surface area (Å²) in [5, 5.41) is 1.05. The van der Waals surface area contributed by atoms with Gasteiger partial charge in [-0.25, -0.2) is 0 Å². The first kappa shape index (κ1) is 13.1. The predicted molar refractivity (Wildman–Crippen MR) is 67.2 cm³/mol. The highest BCUT2D eigenvalue weighted by Crippen LogP contribution is 2.35. The van der Waals surface area contributed by atoms with Crippen LogP contribution >= 0.6 is 23.5 Å². The second-order valence-corrected chi connectivity index (χ2v) is 6.77. The normalized spacial score (nSPS) is 27.1. The van der Waals surface area contributed by atoms with Gasteiger partial charge in [0.2, 0.25) is 0 Å². The molecule has 0 spiro atoms. The summed E-state index contributed by atoms with van der Waals surface area (Å²) in [7, 11) is 0. The Kier molecular flexibility index (Phi) is 5.75. The zero-order chi connectivity index (χ0) is 11.3. The fourth-order valence-electron chi connectivity index (χ4n) is 1.94. The average molecular weight is 246 g/mol. The first-order chi connectivity index (χ1) is 7.09. The molecule has 0 aromatic carbocycles. The number of thioether (sulfide) groups is 2. The van der Waals surface area contributed by atoms with Crippen molar-refractivity contribution in [1.82, 2.24) is 0 Å². The molecule has 0 aromatic heterocycles. The van der Waals surface area contributed by atoms with Crippen molar-refractivity contribution in [2.24, 2.45) is 0 Å². The molecule has 0 saturated heterocycles. The van der Waals surface area contributed by atoms with E-state index < -0.39 is 0 Å². The van der Waals surface area contributed by atoms with Gasteiger partial charge in [-0.15, -0.1) is 0 Å². The molecular formula is C11H18O2S2. The Labute approximate surface area is 100.0 Å². The maximum Gasteiger partial charge on any atom is 0.186 e. The van der Waals surface area contributed by atoms with Gasteiger partial charge in [-0.3, -0.25) is 9.59 Å². The van der Waals surface area contributed by atoms with Gasteiger partial charge >= 0.3 is 0 Å². The predicted octanol–water partition coefficient (Wildman–Crippen LogP) is 3.25. The highest BCUT2D eigenvalue weighted by molar-refractivity contribution is 8.17. The summed E-state index contributed by atoms with van der Waals surface area (Å²) < 4.78 is 0. The Morgan fingerprint density at radius 3 is 1.60 bits per heavy atom. The van der Waals surface area contributed by atoms with Gasteiger partial charge in [-0.05, 0) is 12.8 Å². The SMILES string of the molecule is CC(=O)S[C@H]1CCCCC[C@H]1SC(C)=O. The standard InChI is InChI=1S/C11H18O2S2/c1-8(12)14-10-6-4-3-5-7-11(10)15-9(2)13/h10-11H,3-7H2,1-2H3/t10-,11+. The van der Waals surface area contributed by atoms with E-state index in [2.05, 4.69) is 0 Å². The van der Waals surface area contributed by atoms with Gasteiger partial charge in [0.25, 0.3) is 0 Å². The van der Waals surface area contributed by atoms with Crippen molar-refractivity contribution in [2.45, 2.75) is 56.5 Å². The van der Waals surface area contributed by atoms with E-state index in [9.17, 15) is 9.59 Å². The highest BCUT2D eigenvalue weighted by atomic mass is 32.2. The summed E-state index contributed by atoms with van der Waals surface area (Å²) >= 11 is 2.85. The maximum absolute atomic E-state index is 11.1. The molecule has 0 radical (unpaired) electrons. The summed E-state index contributed by atoms with van der Waals surface area (Å²) in [6, 6.07) is 0. The molecule has 2 nitrogen and oxygen atoms in total. The van der Waals surface area contributed by atoms with Crippen LogP contribution in [0.1, 0.15) is 46.0 Å².